The molecule has 4 heteroatoms. The second-order valence-corrected chi connectivity index (χ2v) is 3.05. The average Bonchev–Trinajstić information content (AvgIpc) is 2.08. The Hall–Kier alpha value is -1.03. The van der Waals surface area contributed by atoms with E-state index in [2.05, 4.69) is 21.2 Å². The maximum Gasteiger partial charge on any atom is 0.291 e. The largest absolute Gasteiger partial charge is 0.492 e. The third-order valence-corrected chi connectivity index (χ3v) is 1.62. The molecule has 0 saturated carbocycles. The first-order valence-electron chi connectivity index (χ1n) is 3.92. The van der Waals surface area contributed by atoms with Crippen molar-refractivity contribution >= 4 is 26.4 Å². The van der Waals surface area contributed by atoms with Gasteiger partial charge in [-0.2, -0.15) is 0 Å². The number of carbonyl (C=O) groups excluding carboxylic acids is 1. The number of nitrogens with one attached hydrogen (secondary N) is 1. The molecule has 13 heavy (non-hydrogen) atoms. The zero-order valence-electron chi connectivity index (χ0n) is 7.21. The zero-order chi connectivity index (χ0) is 9.68. The standard InChI is InChI=1S/C9H10BrNO2/c1-2-13-8-6-4-3-5-7(8)11-9(10)12/h3-6H,2H2,1H3,(H,11,12). The number of benzene rings is 1. The van der Waals surface area contributed by atoms with Crippen LogP contribution in [0.1, 0.15) is 6.92 Å². The molecule has 1 aromatic carbocycles. The minimum atomic E-state index is -0.278. The van der Waals surface area contributed by atoms with Crippen molar-refractivity contribution in [1.29, 1.82) is 0 Å². The second-order valence-electron chi connectivity index (χ2n) is 2.33. The van der Waals surface area contributed by atoms with Crippen molar-refractivity contribution in [3.8, 4) is 5.75 Å². The number of carbonyl (C=O) groups is 1. The number of hydrogen-bond acceptors (Lipinski definition) is 2. The van der Waals surface area contributed by atoms with Crippen LogP contribution in [0, 0.1) is 0 Å². The van der Waals surface area contributed by atoms with Gasteiger partial charge >= 0.3 is 0 Å². The number of anilines is 1. The molecule has 0 heterocycles. The molecule has 0 aromatic heterocycles. The Kier molecular flexibility index (Phi) is 3.76. The van der Waals surface area contributed by atoms with Crippen LogP contribution in [0.25, 0.3) is 0 Å². The lowest BCUT2D eigenvalue weighted by Gasteiger charge is -2.08. The Labute approximate surface area is 85.2 Å². The number of ether oxygens (including phenoxy) is 1. The minimum Gasteiger partial charge on any atom is -0.492 e. The van der Waals surface area contributed by atoms with Gasteiger partial charge in [-0.15, -0.1) is 0 Å². The molecule has 0 radical (unpaired) electrons. The summed E-state index contributed by atoms with van der Waals surface area (Å²) in [7, 11) is 0. The van der Waals surface area contributed by atoms with E-state index in [1.165, 1.54) is 0 Å². The fraction of sp³-hybridized carbons (Fsp3) is 0.222. The second kappa shape index (κ2) is 4.87. The third-order valence-electron chi connectivity index (χ3n) is 1.42. The number of halogens is 1. The SMILES string of the molecule is CCOc1ccccc1NC(=O)Br. The predicted molar refractivity (Wildman–Crippen MR) is 55.6 cm³/mol. The van der Waals surface area contributed by atoms with E-state index in [1.54, 1.807) is 6.07 Å². The molecule has 0 aliphatic carbocycles. The summed E-state index contributed by atoms with van der Waals surface area (Å²) in [6.45, 7) is 2.47. The molecule has 0 bridgehead atoms. The molecule has 0 saturated heterocycles. The third kappa shape index (κ3) is 3.06. The summed E-state index contributed by atoms with van der Waals surface area (Å²) < 4.78 is 5.30. The van der Waals surface area contributed by atoms with Crippen LogP contribution in [-0.4, -0.2) is 11.4 Å². The van der Waals surface area contributed by atoms with Gasteiger partial charge in [-0.05, 0) is 19.1 Å². The molecule has 3 nitrogen and oxygen atoms in total. The lowest BCUT2D eigenvalue weighted by Crippen LogP contribution is -2.03. The highest BCUT2D eigenvalue weighted by Crippen LogP contribution is 2.23. The van der Waals surface area contributed by atoms with Crippen LogP contribution in [0.2, 0.25) is 0 Å². The molecule has 1 amide bonds. The number of hydrogen-bond donors (Lipinski definition) is 1. The minimum absolute atomic E-state index is 0.278. The van der Waals surface area contributed by atoms with Crippen molar-refractivity contribution in [2.75, 3.05) is 11.9 Å². The molecule has 1 aromatic rings. The van der Waals surface area contributed by atoms with Crippen LogP contribution in [0.3, 0.4) is 0 Å². The van der Waals surface area contributed by atoms with Gasteiger partial charge in [0.1, 0.15) is 5.75 Å². The fourth-order valence-electron chi connectivity index (χ4n) is 0.957. The van der Waals surface area contributed by atoms with Crippen molar-refractivity contribution < 1.29 is 9.53 Å². The molecule has 0 atom stereocenters. The Bertz CT molecular complexity index is 301. The van der Waals surface area contributed by atoms with E-state index in [1.807, 2.05) is 25.1 Å². The highest BCUT2D eigenvalue weighted by Gasteiger charge is 2.03. The topological polar surface area (TPSA) is 38.3 Å². The zero-order valence-corrected chi connectivity index (χ0v) is 8.80. The van der Waals surface area contributed by atoms with Crippen molar-refractivity contribution in [2.24, 2.45) is 0 Å². The smallest absolute Gasteiger partial charge is 0.291 e. The number of rotatable bonds is 3. The van der Waals surface area contributed by atoms with Crippen LogP contribution >= 0.6 is 15.9 Å². The van der Waals surface area contributed by atoms with Crippen LogP contribution in [0.4, 0.5) is 10.5 Å². The van der Waals surface area contributed by atoms with E-state index in [0.29, 0.717) is 18.0 Å². The number of amides is 1. The van der Waals surface area contributed by atoms with E-state index < -0.39 is 0 Å². The van der Waals surface area contributed by atoms with Crippen LogP contribution in [0.5, 0.6) is 5.75 Å². The highest BCUT2D eigenvalue weighted by atomic mass is 79.9. The van der Waals surface area contributed by atoms with Crippen LogP contribution < -0.4 is 10.1 Å². The van der Waals surface area contributed by atoms with Gasteiger partial charge in [0.25, 0.3) is 4.82 Å². The van der Waals surface area contributed by atoms with Gasteiger partial charge in [0.05, 0.1) is 12.3 Å². The van der Waals surface area contributed by atoms with E-state index in [9.17, 15) is 4.79 Å². The Morgan fingerprint density at radius 1 is 1.54 bits per heavy atom. The summed E-state index contributed by atoms with van der Waals surface area (Å²) in [4.78, 5) is 10.4. The summed E-state index contributed by atoms with van der Waals surface area (Å²) in [6, 6.07) is 7.28. The van der Waals surface area contributed by atoms with Gasteiger partial charge < -0.3 is 10.1 Å². The molecule has 1 N–H and O–H groups in total. The molecule has 1 rings (SSSR count). The van der Waals surface area contributed by atoms with Crippen molar-refractivity contribution in [2.45, 2.75) is 6.92 Å². The maximum atomic E-state index is 10.7. The summed E-state index contributed by atoms with van der Waals surface area (Å²) in [5.41, 5.74) is 0.672. The van der Waals surface area contributed by atoms with Crippen LogP contribution in [-0.2, 0) is 0 Å². The Morgan fingerprint density at radius 3 is 2.85 bits per heavy atom. The van der Waals surface area contributed by atoms with Gasteiger partial charge in [-0.3, -0.25) is 4.79 Å². The van der Waals surface area contributed by atoms with Gasteiger partial charge in [0.15, 0.2) is 0 Å². The Morgan fingerprint density at radius 2 is 2.23 bits per heavy atom. The van der Waals surface area contributed by atoms with E-state index >= 15 is 0 Å². The van der Waals surface area contributed by atoms with Crippen LogP contribution in [0.15, 0.2) is 24.3 Å². The Balaban J connectivity index is 2.84. The molecule has 0 aliphatic rings. The summed E-state index contributed by atoms with van der Waals surface area (Å²) >= 11 is 2.79. The highest BCUT2D eigenvalue weighted by molar-refractivity contribution is 9.18. The van der Waals surface area contributed by atoms with Crippen molar-refractivity contribution in [3.05, 3.63) is 24.3 Å². The molecule has 0 unspecified atom stereocenters. The lowest BCUT2D eigenvalue weighted by atomic mass is 10.3. The fourth-order valence-corrected chi connectivity index (χ4v) is 1.17. The summed E-state index contributed by atoms with van der Waals surface area (Å²) in [5, 5.41) is 2.61. The molecule has 70 valence electrons. The first-order chi connectivity index (χ1) is 6.24. The average molecular weight is 244 g/mol. The first kappa shape index (κ1) is 10.1. The van der Waals surface area contributed by atoms with E-state index in [-0.39, 0.29) is 4.82 Å². The molecule has 0 aliphatic heterocycles. The molecule has 0 fully saturated rings. The van der Waals surface area contributed by atoms with Gasteiger partial charge in [-0.1, -0.05) is 12.1 Å². The summed E-state index contributed by atoms with van der Waals surface area (Å²) in [6.07, 6.45) is 0. The van der Waals surface area contributed by atoms with Gasteiger partial charge in [-0.25, -0.2) is 0 Å². The van der Waals surface area contributed by atoms with Crippen molar-refractivity contribution in [1.82, 2.24) is 0 Å². The first-order valence-corrected chi connectivity index (χ1v) is 4.71. The normalized spacial score (nSPS) is 9.38. The van der Waals surface area contributed by atoms with E-state index in [0.717, 1.165) is 0 Å². The number of para-hydroxylation sites is 2. The van der Waals surface area contributed by atoms with E-state index in [4.69, 9.17) is 4.74 Å². The molecular formula is C9H10BrNO2. The quantitative estimate of drug-likeness (QED) is 0.655. The lowest BCUT2D eigenvalue weighted by molar-refractivity contribution is 0.270. The maximum absolute atomic E-state index is 10.7. The van der Waals surface area contributed by atoms with Crippen molar-refractivity contribution in [3.63, 3.8) is 0 Å². The summed E-state index contributed by atoms with van der Waals surface area (Å²) in [5.74, 6) is 0.679. The molecule has 0 spiro atoms. The van der Waals surface area contributed by atoms with Gasteiger partial charge in [0, 0.05) is 15.9 Å². The molecular weight excluding hydrogens is 234 g/mol. The monoisotopic (exact) mass is 243 g/mol. The van der Waals surface area contributed by atoms with Gasteiger partial charge in [0.2, 0.25) is 0 Å². The predicted octanol–water partition coefficient (Wildman–Crippen LogP) is 3.01.